The maximum absolute atomic E-state index is 12.0. The molecule has 5 nitrogen and oxygen atoms in total. The average molecular weight is 264 g/mol. The van der Waals surface area contributed by atoms with Gasteiger partial charge in [0.25, 0.3) is 0 Å². The quantitative estimate of drug-likeness (QED) is 0.602. The van der Waals surface area contributed by atoms with Crippen LogP contribution >= 0.6 is 0 Å². The van der Waals surface area contributed by atoms with Crippen molar-refractivity contribution in [1.82, 2.24) is 0 Å². The minimum absolute atomic E-state index is 0.133. The summed E-state index contributed by atoms with van der Waals surface area (Å²) in [6.07, 6.45) is 0.312. The number of aryl methyl sites for hydroxylation is 1. The molecule has 0 fully saturated rings. The van der Waals surface area contributed by atoms with Crippen molar-refractivity contribution < 1.29 is 23.5 Å². The highest BCUT2D eigenvalue weighted by Gasteiger charge is 2.52. The Bertz CT molecular complexity index is 536. The van der Waals surface area contributed by atoms with Crippen molar-refractivity contribution in [2.75, 3.05) is 14.2 Å². The molecule has 0 saturated carbocycles. The predicted octanol–water partition coefficient (Wildman–Crippen LogP) is 1.88. The lowest BCUT2D eigenvalue weighted by Crippen LogP contribution is -2.45. The molecule has 2 rings (SSSR count). The number of rotatable bonds is 2. The van der Waals surface area contributed by atoms with Gasteiger partial charge < -0.3 is 13.9 Å². The first kappa shape index (κ1) is 13.4. The zero-order valence-corrected chi connectivity index (χ0v) is 11.2. The van der Waals surface area contributed by atoms with Gasteiger partial charge >= 0.3 is 11.9 Å². The van der Waals surface area contributed by atoms with E-state index in [1.807, 2.05) is 13.0 Å². The molecule has 1 aliphatic carbocycles. The fourth-order valence-electron chi connectivity index (χ4n) is 2.55. The third kappa shape index (κ3) is 1.95. The van der Waals surface area contributed by atoms with Crippen LogP contribution in [0.5, 0.6) is 0 Å². The SMILES string of the molecule is C=C1CC(C(=O)OC)(C(=O)OC)Cc2oc(C)cc21. The fourth-order valence-corrected chi connectivity index (χ4v) is 2.55. The summed E-state index contributed by atoms with van der Waals surface area (Å²) in [6.45, 7) is 5.73. The van der Waals surface area contributed by atoms with E-state index in [1.165, 1.54) is 14.2 Å². The van der Waals surface area contributed by atoms with Crippen molar-refractivity contribution >= 4 is 17.5 Å². The maximum Gasteiger partial charge on any atom is 0.324 e. The van der Waals surface area contributed by atoms with Crippen molar-refractivity contribution in [3.63, 3.8) is 0 Å². The molecular weight excluding hydrogens is 248 g/mol. The van der Waals surface area contributed by atoms with Crippen LogP contribution in [0.25, 0.3) is 5.57 Å². The first-order valence-electron chi connectivity index (χ1n) is 5.89. The Morgan fingerprint density at radius 1 is 1.26 bits per heavy atom. The smallest absolute Gasteiger partial charge is 0.324 e. The Hall–Kier alpha value is -2.04. The average Bonchev–Trinajstić information content (AvgIpc) is 2.77. The number of ether oxygens (including phenoxy) is 2. The Morgan fingerprint density at radius 2 is 1.84 bits per heavy atom. The number of hydrogen-bond donors (Lipinski definition) is 0. The minimum Gasteiger partial charge on any atom is -0.468 e. The molecule has 0 N–H and O–H groups in total. The van der Waals surface area contributed by atoms with E-state index in [-0.39, 0.29) is 12.8 Å². The van der Waals surface area contributed by atoms with Crippen molar-refractivity contribution in [2.45, 2.75) is 19.8 Å². The number of methoxy groups -OCH3 is 2. The van der Waals surface area contributed by atoms with Gasteiger partial charge in [-0.05, 0) is 25.0 Å². The molecule has 1 aromatic heterocycles. The number of carbonyl (C=O) groups excluding carboxylic acids is 2. The van der Waals surface area contributed by atoms with Gasteiger partial charge in [0.05, 0.1) is 14.2 Å². The van der Waals surface area contributed by atoms with Crippen LogP contribution in [0.4, 0.5) is 0 Å². The zero-order chi connectivity index (χ0) is 14.2. The van der Waals surface area contributed by atoms with E-state index in [0.29, 0.717) is 11.3 Å². The Balaban J connectivity index is 2.52. The lowest BCUT2D eigenvalue weighted by atomic mass is 9.72. The van der Waals surface area contributed by atoms with E-state index >= 15 is 0 Å². The number of carbonyl (C=O) groups is 2. The van der Waals surface area contributed by atoms with Crippen molar-refractivity contribution in [3.8, 4) is 0 Å². The number of fused-ring (bicyclic) bond motifs is 1. The second-order valence-corrected chi connectivity index (χ2v) is 4.72. The molecule has 0 radical (unpaired) electrons. The van der Waals surface area contributed by atoms with Gasteiger partial charge in [-0.1, -0.05) is 6.58 Å². The van der Waals surface area contributed by atoms with Crippen LogP contribution < -0.4 is 0 Å². The van der Waals surface area contributed by atoms with Gasteiger partial charge in [0.1, 0.15) is 11.5 Å². The second kappa shape index (κ2) is 4.57. The summed E-state index contributed by atoms with van der Waals surface area (Å²) in [7, 11) is 2.50. The summed E-state index contributed by atoms with van der Waals surface area (Å²) >= 11 is 0. The van der Waals surface area contributed by atoms with Gasteiger partial charge in [0.15, 0.2) is 5.41 Å². The normalized spacial score (nSPS) is 16.7. The molecule has 1 heterocycles. The Kier molecular flexibility index (Phi) is 3.22. The van der Waals surface area contributed by atoms with Crippen LogP contribution in [0.2, 0.25) is 0 Å². The highest BCUT2D eigenvalue weighted by atomic mass is 16.5. The lowest BCUT2D eigenvalue weighted by molar-refractivity contribution is -0.169. The summed E-state index contributed by atoms with van der Waals surface area (Å²) in [6, 6.07) is 1.86. The van der Waals surface area contributed by atoms with Crippen LogP contribution in [-0.4, -0.2) is 26.2 Å². The van der Waals surface area contributed by atoms with Crippen LogP contribution in [0, 0.1) is 12.3 Å². The van der Waals surface area contributed by atoms with E-state index in [2.05, 4.69) is 6.58 Å². The summed E-state index contributed by atoms with van der Waals surface area (Å²) in [4.78, 5) is 24.1. The zero-order valence-electron chi connectivity index (χ0n) is 11.2. The Morgan fingerprint density at radius 3 is 2.37 bits per heavy atom. The number of hydrogen-bond acceptors (Lipinski definition) is 5. The van der Waals surface area contributed by atoms with Gasteiger partial charge in [-0.15, -0.1) is 0 Å². The molecule has 1 aromatic rings. The molecule has 0 atom stereocenters. The Labute approximate surface area is 111 Å². The molecule has 0 spiro atoms. The van der Waals surface area contributed by atoms with E-state index < -0.39 is 17.4 Å². The summed E-state index contributed by atoms with van der Waals surface area (Å²) in [5, 5.41) is 0. The standard InChI is InChI=1S/C14H16O5/c1-8-6-14(12(15)17-3,13(16)18-4)7-11-10(8)5-9(2)19-11/h5H,1,6-7H2,2-4H3. The highest BCUT2D eigenvalue weighted by molar-refractivity contribution is 6.03. The molecule has 0 unspecified atom stereocenters. The summed E-state index contributed by atoms with van der Waals surface area (Å²) < 4.78 is 15.1. The number of esters is 2. The van der Waals surface area contributed by atoms with E-state index in [1.54, 1.807) is 0 Å². The van der Waals surface area contributed by atoms with Crippen molar-refractivity contribution in [3.05, 3.63) is 29.7 Å². The highest BCUT2D eigenvalue weighted by Crippen LogP contribution is 2.44. The lowest BCUT2D eigenvalue weighted by Gasteiger charge is -2.31. The van der Waals surface area contributed by atoms with Gasteiger partial charge in [0.2, 0.25) is 0 Å². The molecule has 5 heteroatoms. The fraction of sp³-hybridized carbons (Fsp3) is 0.429. The van der Waals surface area contributed by atoms with Crippen molar-refractivity contribution in [2.24, 2.45) is 5.41 Å². The largest absolute Gasteiger partial charge is 0.468 e. The second-order valence-electron chi connectivity index (χ2n) is 4.72. The van der Waals surface area contributed by atoms with Crippen molar-refractivity contribution in [1.29, 1.82) is 0 Å². The van der Waals surface area contributed by atoms with E-state index in [9.17, 15) is 9.59 Å². The van der Waals surface area contributed by atoms with Gasteiger partial charge in [0, 0.05) is 12.0 Å². The van der Waals surface area contributed by atoms with E-state index in [0.717, 1.165) is 11.3 Å². The van der Waals surface area contributed by atoms with Crippen LogP contribution in [0.1, 0.15) is 23.5 Å². The van der Waals surface area contributed by atoms with Gasteiger partial charge in [-0.2, -0.15) is 0 Å². The molecule has 102 valence electrons. The van der Waals surface area contributed by atoms with Crippen LogP contribution in [0.3, 0.4) is 0 Å². The molecule has 0 aliphatic heterocycles. The molecular formula is C14H16O5. The van der Waals surface area contributed by atoms with Crippen LogP contribution in [-0.2, 0) is 25.5 Å². The van der Waals surface area contributed by atoms with Gasteiger partial charge in [-0.25, -0.2) is 0 Å². The monoisotopic (exact) mass is 264 g/mol. The van der Waals surface area contributed by atoms with Gasteiger partial charge in [-0.3, -0.25) is 9.59 Å². The molecule has 1 aliphatic rings. The van der Waals surface area contributed by atoms with E-state index in [4.69, 9.17) is 13.9 Å². The molecule has 19 heavy (non-hydrogen) atoms. The third-order valence-corrected chi connectivity index (χ3v) is 3.44. The first-order valence-corrected chi connectivity index (χ1v) is 5.89. The molecule has 0 aromatic carbocycles. The third-order valence-electron chi connectivity index (χ3n) is 3.44. The number of furan rings is 1. The summed E-state index contributed by atoms with van der Waals surface area (Å²) in [5.41, 5.74) is 0.146. The molecule has 0 bridgehead atoms. The topological polar surface area (TPSA) is 65.7 Å². The predicted molar refractivity (Wildman–Crippen MR) is 67.3 cm³/mol. The first-order chi connectivity index (χ1) is 8.94. The molecule has 0 amide bonds. The maximum atomic E-state index is 12.0. The summed E-state index contributed by atoms with van der Waals surface area (Å²) in [5.74, 6) is 0.0432. The minimum atomic E-state index is -1.39. The number of allylic oxidation sites excluding steroid dienone is 1. The molecule has 0 saturated heterocycles. The van der Waals surface area contributed by atoms with Crippen LogP contribution in [0.15, 0.2) is 17.1 Å².